The van der Waals surface area contributed by atoms with E-state index in [4.69, 9.17) is 4.74 Å². The number of aliphatic hydroxyl groups is 1. The van der Waals surface area contributed by atoms with Crippen molar-refractivity contribution >= 4 is 0 Å². The highest BCUT2D eigenvalue weighted by Gasteiger charge is 2.45. The maximum absolute atomic E-state index is 13.4. The summed E-state index contributed by atoms with van der Waals surface area (Å²) in [7, 11) is 0. The number of halogens is 1. The summed E-state index contributed by atoms with van der Waals surface area (Å²) in [6.07, 6.45) is 2.80. The van der Waals surface area contributed by atoms with Crippen molar-refractivity contribution in [2.24, 2.45) is 0 Å². The zero-order valence-electron chi connectivity index (χ0n) is 15.0. The number of ether oxygens (including phenoxy) is 1. The van der Waals surface area contributed by atoms with Crippen LogP contribution in [0.25, 0.3) is 0 Å². The second kappa shape index (κ2) is 7.47. The molecule has 0 aromatic heterocycles. The smallest absolute Gasteiger partial charge is 0.123 e. The van der Waals surface area contributed by atoms with Crippen LogP contribution >= 0.6 is 0 Å². The number of hydrogen-bond donors (Lipinski definition) is 1. The molecule has 3 nitrogen and oxygen atoms in total. The lowest BCUT2D eigenvalue weighted by molar-refractivity contribution is -0.148. The number of rotatable bonds is 5. The van der Waals surface area contributed by atoms with Crippen LogP contribution in [0, 0.1) is 5.82 Å². The van der Waals surface area contributed by atoms with Gasteiger partial charge < -0.3 is 9.84 Å². The summed E-state index contributed by atoms with van der Waals surface area (Å²) in [5, 5.41) is 11.2. The van der Waals surface area contributed by atoms with Gasteiger partial charge in [-0.05, 0) is 48.9 Å². The molecule has 0 aliphatic carbocycles. The Morgan fingerprint density at radius 2 is 1.69 bits per heavy atom. The van der Waals surface area contributed by atoms with Gasteiger partial charge in [-0.2, -0.15) is 0 Å². The zero-order chi connectivity index (χ0) is 18.0. The van der Waals surface area contributed by atoms with E-state index in [1.807, 2.05) is 12.1 Å². The Kier molecular flexibility index (Phi) is 5.07. The highest BCUT2D eigenvalue weighted by Crippen LogP contribution is 2.38. The van der Waals surface area contributed by atoms with E-state index in [2.05, 4.69) is 29.2 Å². The predicted molar refractivity (Wildman–Crippen MR) is 99.3 cm³/mol. The number of nitrogens with zero attached hydrogens (tertiary/aromatic N) is 1. The predicted octanol–water partition coefficient (Wildman–Crippen LogP) is 3.55. The van der Waals surface area contributed by atoms with Crippen LogP contribution in [0.15, 0.2) is 54.6 Å². The molecule has 2 aromatic carbocycles. The number of morpholine rings is 1. The van der Waals surface area contributed by atoms with E-state index in [1.165, 1.54) is 11.6 Å². The fourth-order valence-corrected chi connectivity index (χ4v) is 4.47. The summed E-state index contributed by atoms with van der Waals surface area (Å²) >= 11 is 0. The van der Waals surface area contributed by atoms with Crippen molar-refractivity contribution in [3.8, 4) is 0 Å². The summed E-state index contributed by atoms with van der Waals surface area (Å²) in [6.45, 7) is 2.25. The Balaban J connectivity index is 1.43. The molecule has 26 heavy (non-hydrogen) atoms. The maximum Gasteiger partial charge on any atom is 0.123 e. The number of hydrogen-bond acceptors (Lipinski definition) is 3. The molecule has 2 heterocycles. The van der Waals surface area contributed by atoms with E-state index in [0.717, 1.165) is 12.1 Å². The van der Waals surface area contributed by atoms with E-state index in [1.54, 1.807) is 12.1 Å². The highest BCUT2D eigenvalue weighted by molar-refractivity contribution is 5.18. The fraction of sp³-hybridized carbons (Fsp3) is 0.455. The minimum Gasteiger partial charge on any atom is -0.390 e. The molecule has 2 aromatic rings. The maximum atomic E-state index is 13.4. The lowest BCUT2D eigenvalue weighted by Crippen LogP contribution is -2.61. The van der Waals surface area contributed by atoms with Crippen LogP contribution in [-0.2, 0) is 17.7 Å². The van der Waals surface area contributed by atoms with Gasteiger partial charge in [-0.25, -0.2) is 4.39 Å². The number of aryl methyl sites for hydroxylation is 1. The van der Waals surface area contributed by atoms with Gasteiger partial charge in [-0.15, -0.1) is 0 Å². The van der Waals surface area contributed by atoms with Crippen LogP contribution in [0.5, 0.6) is 0 Å². The van der Waals surface area contributed by atoms with Crippen LogP contribution < -0.4 is 0 Å². The largest absolute Gasteiger partial charge is 0.390 e. The molecular weight excluding hydrogens is 329 g/mol. The number of benzene rings is 2. The summed E-state index contributed by atoms with van der Waals surface area (Å²) in [4.78, 5) is 2.50. The molecule has 4 heteroatoms. The molecule has 2 bridgehead atoms. The van der Waals surface area contributed by atoms with Crippen molar-refractivity contribution in [2.75, 3.05) is 13.2 Å². The van der Waals surface area contributed by atoms with Gasteiger partial charge in [0.1, 0.15) is 5.82 Å². The van der Waals surface area contributed by atoms with Gasteiger partial charge in [0.25, 0.3) is 0 Å². The van der Waals surface area contributed by atoms with Crippen molar-refractivity contribution in [3.63, 3.8) is 0 Å². The van der Waals surface area contributed by atoms with Crippen molar-refractivity contribution in [1.29, 1.82) is 0 Å². The molecule has 0 saturated carbocycles. The molecule has 4 rings (SSSR count). The van der Waals surface area contributed by atoms with Gasteiger partial charge in [0.15, 0.2) is 0 Å². The highest BCUT2D eigenvalue weighted by atomic mass is 19.1. The molecule has 0 spiro atoms. The summed E-state index contributed by atoms with van der Waals surface area (Å²) < 4.78 is 19.2. The third-order valence-electron chi connectivity index (χ3n) is 5.77. The molecule has 2 fully saturated rings. The topological polar surface area (TPSA) is 32.7 Å². The van der Waals surface area contributed by atoms with E-state index in [9.17, 15) is 9.50 Å². The molecule has 2 aliphatic rings. The minimum atomic E-state index is -0.696. The summed E-state index contributed by atoms with van der Waals surface area (Å²) in [6, 6.07) is 17.7. The van der Waals surface area contributed by atoms with Crippen molar-refractivity contribution in [2.45, 2.75) is 49.9 Å². The monoisotopic (exact) mass is 355 g/mol. The number of piperidine rings is 1. The van der Waals surface area contributed by atoms with E-state index in [0.29, 0.717) is 38.9 Å². The fourth-order valence-electron chi connectivity index (χ4n) is 4.47. The zero-order valence-corrected chi connectivity index (χ0v) is 15.0. The standard InChI is InChI=1S/C22H26FNO2/c23-19-8-4-7-17(11-19)9-10-22(25)12-20-15-26-16-21(13-22)24(20)14-18-5-2-1-3-6-18/h1-8,11,20-21,25H,9-10,12-16H2. The van der Waals surface area contributed by atoms with Crippen molar-refractivity contribution < 1.29 is 14.2 Å². The molecule has 2 aliphatic heterocycles. The number of fused-ring (bicyclic) bond motifs is 2. The van der Waals surface area contributed by atoms with Gasteiger partial charge in [-0.1, -0.05) is 42.5 Å². The first-order chi connectivity index (χ1) is 12.6. The Hall–Kier alpha value is -1.75. The van der Waals surface area contributed by atoms with Gasteiger partial charge in [0, 0.05) is 18.6 Å². The van der Waals surface area contributed by atoms with Crippen LogP contribution in [0.2, 0.25) is 0 Å². The Morgan fingerprint density at radius 1 is 1.00 bits per heavy atom. The lowest BCUT2D eigenvalue weighted by atomic mass is 9.77. The quantitative estimate of drug-likeness (QED) is 0.890. The third-order valence-corrected chi connectivity index (χ3v) is 5.77. The van der Waals surface area contributed by atoms with Gasteiger partial charge >= 0.3 is 0 Å². The van der Waals surface area contributed by atoms with Crippen LogP contribution in [0.3, 0.4) is 0 Å². The molecular formula is C22H26FNO2. The normalized spacial score (nSPS) is 28.8. The second-order valence-corrected chi connectivity index (χ2v) is 7.77. The van der Waals surface area contributed by atoms with Crippen molar-refractivity contribution in [1.82, 2.24) is 4.90 Å². The average molecular weight is 355 g/mol. The minimum absolute atomic E-state index is 0.211. The molecule has 0 amide bonds. The molecule has 138 valence electrons. The van der Waals surface area contributed by atoms with Gasteiger partial charge in [0.05, 0.1) is 18.8 Å². The van der Waals surface area contributed by atoms with E-state index in [-0.39, 0.29) is 17.9 Å². The molecule has 1 N–H and O–H groups in total. The van der Waals surface area contributed by atoms with E-state index < -0.39 is 5.60 Å². The van der Waals surface area contributed by atoms with Crippen LogP contribution in [0.1, 0.15) is 30.4 Å². The first kappa shape index (κ1) is 17.7. The Morgan fingerprint density at radius 3 is 2.38 bits per heavy atom. The first-order valence-electron chi connectivity index (χ1n) is 9.46. The Bertz CT molecular complexity index is 722. The van der Waals surface area contributed by atoms with Gasteiger partial charge in [0.2, 0.25) is 0 Å². The Labute approximate surface area is 154 Å². The lowest BCUT2D eigenvalue weighted by Gasteiger charge is -2.52. The van der Waals surface area contributed by atoms with Crippen LogP contribution in [-0.4, -0.2) is 40.9 Å². The third kappa shape index (κ3) is 3.98. The molecule has 2 unspecified atom stereocenters. The molecule has 0 radical (unpaired) electrons. The summed E-state index contributed by atoms with van der Waals surface area (Å²) in [5.74, 6) is -0.211. The van der Waals surface area contributed by atoms with Crippen LogP contribution in [0.4, 0.5) is 4.39 Å². The second-order valence-electron chi connectivity index (χ2n) is 7.77. The van der Waals surface area contributed by atoms with Crippen molar-refractivity contribution in [3.05, 3.63) is 71.5 Å². The van der Waals surface area contributed by atoms with Gasteiger partial charge in [-0.3, -0.25) is 4.90 Å². The molecule has 2 saturated heterocycles. The SMILES string of the molecule is OC1(CCc2cccc(F)c2)CC2COCC(C1)N2Cc1ccccc1. The van der Waals surface area contributed by atoms with E-state index >= 15 is 0 Å². The molecule has 2 atom stereocenters. The summed E-state index contributed by atoms with van der Waals surface area (Å²) in [5.41, 5.74) is 1.56. The first-order valence-corrected chi connectivity index (χ1v) is 9.46. The average Bonchev–Trinajstić information content (AvgIpc) is 2.62.